The van der Waals surface area contributed by atoms with Gasteiger partial charge in [-0.05, 0) is 42.3 Å². The van der Waals surface area contributed by atoms with Crippen molar-refractivity contribution in [1.29, 1.82) is 0 Å². The number of carbonyl (C=O) groups is 1. The fraction of sp³-hybridized carbons (Fsp3) is 0.409. The molecule has 0 spiro atoms. The molecule has 6 heteroatoms. The van der Waals surface area contributed by atoms with Crippen LogP contribution >= 0.6 is 0 Å². The van der Waals surface area contributed by atoms with E-state index in [4.69, 9.17) is 9.47 Å². The van der Waals surface area contributed by atoms with Crippen molar-refractivity contribution >= 4 is 11.6 Å². The van der Waals surface area contributed by atoms with Crippen LogP contribution in [0.1, 0.15) is 11.1 Å². The van der Waals surface area contributed by atoms with Gasteiger partial charge in [-0.3, -0.25) is 9.69 Å². The SMILES string of the molecule is Cc1cccc(N(C)CC(=O)N2CCN(Cc3ccc4c(c3)OCO4)CC2)c1. The molecule has 2 aromatic rings. The molecule has 4 rings (SSSR count). The maximum absolute atomic E-state index is 12.7. The summed E-state index contributed by atoms with van der Waals surface area (Å²) in [6, 6.07) is 14.4. The van der Waals surface area contributed by atoms with E-state index in [0.29, 0.717) is 13.3 Å². The van der Waals surface area contributed by atoms with E-state index >= 15 is 0 Å². The number of likely N-dealkylation sites (N-methyl/N-ethyl adjacent to an activating group) is 1. The third-order valence-electron chi connectivity index (χ3n) is 5.38. The summed E-state index contributed by atoms with van der Waals surface area (Å²) in [5.74, 6) is 1.83. The topological polar surface area (TPSA) is 45.3 Å². The lowest BCUT2D eigenvalue weighted by Crippen LogP contribution is -2.50. The molecular formula is C22H27N3O3. The lowest BCUT2D eigenvalue weighted by atomic mass is 10.1. The second-order valence-corrected chi connectivity index (χ2v) is 7.54. The van der Waals surface area contributed by atoms with Gasteiger partial charge in [0.2, 0.25) is 12.7 Å². The molecule has 2 aromatic carbocycles. The Morgan fingerprint density at radius 1 is 1.04 bits per heavy atom. The Balaban J connectivity index is 1.27. The smallest absolute Gasteiger partial charge is 0.242 e. The van der Waals surface area contributed by atoms with Gasteiger partial charge in [0.25, 0.3) is 0 Å². The summed E-state index contributed by atoms with van der Waals surface area (Å²) in [5.41, 5.74) is 3.49. The molecule has 0 unspecified atom stereocenters. The summed E-state index contributed by atoms with van der Waals surface area (Å²) in [6.45, 7) is 6.95. The zero-order chi connectivity index (χ0) is 19.5. The van der Waals surface area contributed by atoms with E-state index in [1.807, 2.05) is 35.0 Å². The summed E-state index contributed by atoms with van der Waals surface area (Å²) < 4.78 is 10.8. The molecule has 28 heavy (non-hydrogen) atoms. The third kappa shape index (κ3) is 4.22. The average molecular weight is 381 g/mol. The summed E-state index contributed by atoms with van der Waals surface area (Å²) in [5, 5.41) is 0. The third-order valence-corrected chi connectivity index (χ3v) is 5.38. The Hall–Kier alpha value is -2.73. The molecule has 0 radical (unpaired) electrons. The first-order valence-corrected chi connectivity index (χ1v) is 9.75. The van der Waals surface area contributed by atoms with E-state index in [9.17, 15) is 4.79 Å². The molecule has 2 aliphatic heterocycles. The van der Waals surface area contributed by atoms with Crippen LogP contribution in [0.2, 0.25) is 0 Å². The van der Waals surface area contributed by atoms with Crippen LogP contribution in [0.4, 0.5) is 5.69 Å². The van der Waals surface area contributed by atoms with Crippen LogP contribution in [-0.4, -0.2) is 62.3 Å². The van der Waals surface area contributed by atoms with Gasteiger partial charge in [-0.25, -0.2) is 0 Å². The van der Waals surface area contributed by atoms with Gasteiger partial charge in [0.05, 0.1) is 6.54 Å². The summed E-state index contributed by atoms with van der Waals surface area (Å²) in [7, 11) is 1.97. The molecule has 0 bridgehead atoms. The van der Waals surface area contributed by atoms with Gasteiger partial charge >= 0.3 is 0 Å². The highest BCUT2D eigenvalue weighted by molar-refractivity contribution is 5.81. The maximum atomic E-state index is 12.7. The molecule has 2 heterocycles. The number of rotatable bonds is 5. The van der Waals surface area contributed by atoms with Gasteiger partial charge in [-0.2, -0.15) is 0 Å². The van der Waals surface area contributed by atoms with E-state index in [1.54, 1.807) is 0 Å². The molecule has 0 aliphatic carbocycles. The Labute approximate surface area is 166 Å². The molecule has 2 aliphatic rings. The fourth-order valence-corrected chi connectivity index (χ4v) is 3.71. The number of ether oxygens (including phenoxy) is 2. The molecule has 0 aromatic heterocycles. The standard InChI is InChI=1S/C22H27N3O3/c1-17-4-3-5-19(12-17)23(2)15-22(26)25-10-8-24(9-11-25)14-18-6-7-20-21(13-18)28-16-27-20/h3-7,12-13H,8-11,14-16H2,1-2H3. The number of fused-ring (bicyclic) bond motifs is 1. The Bertz CT molecular complexity index is 847. The number of benzene rings is 2. The van der Waals surface area contributed by atoms with E-state index < -0.39 is 0 Å². The van der Waals surface area contributed by atoms with Crippen LogP contribution in [0.5, 0.6) is 11.5 Å². The maximum Gasteiger partial charge on any atom is 0.242 e. The van der Waals surface area contributed by atoms with Crippen LogP contribution in [0.25, 0.3) is 0 Å². The zero-order valence-corrected chi connectivity index (χ0v) is 16.6. The quantitative estimate of drug-likeness (QED) is 0.796. The van der Waals surface area contributed by atoms with E-state index in [-0.39, 0.29) is 5.91 Å². The number of piperazine rings is 1. The molecule has 6 nitrogen and oxygen atoms in total. The predicted octanol–water partition coefficient (Wildman–Crippen LogP) is 2.50. The van der Waals surface area contributed by atoms with Gasteiger partial charge in [-0.15, -0.1) is 0 Å². The minimum atomic E-state index is 0.187. The minimum absolute atomic E-state index is 0.187. The summed E-state index contributed by atoms with van der Waals surface area (Å²) >= 11 is 0. The van der Waals surface area contributed by atoms with Crippen molar-refractivity contribution in [2.75, 3.05) is 51.5 Å². The van der Waals surface area contributed by atoms with E-state index in [1.165, 1.54) is 11.1 Å². The fourth-order valence-electron chi connectivity index (χ4n) is 3.71. The monoisotopic (exact) mass is 381 g/mol. The normalized spacial score (nSPS) is 16.3. The lowest BCUT2D eigenvalue weighted by Gasteiger charge is -2.35. The molecular weight excluding hydrogens is 354 g/mol. The summed E-state index contributed by atoms with van der Waals surface area (Å²) in [4.78, 5) is 19.1. The van der Waals surface area contributed by atoms with Crippen molar-refractivity contribution < 1.29 is 14.3 Å². The van der Waals surface area contributed by atoms with Crippen LogP contribution in [0.3, 0.4) is 0 Å². The van der Waals surface area contributed by atoms with E-state index in [0.717, 1.165) is 49.9 Å². The minimum Gasteiger partial charge on any atom is -0.454 e. The number of hydrogen-bond acceptors (Lipinski definition) is 5. The van der Waals surface area contributed by atoms with Crippen molar-refractivity contribution in [2.45, 2.75) is 13.5 Å². The number of hydrogen-bond donors (Lipinski definition) is 0. The van der Waals surface area contributed by atoms with Gasteiger partial charge < -0.3 is 19.3 Å². The van der Waals surface area contributed by atoms with Gasteiger partial charge in [0.1, 0.15) is 0 Å². The summed E-state index contributed by atoms with van der Waals surface area (Å²) in [6.07, 6.45) is 0. The number of carbonyl (C=O) groups excluding carboxylic acids is 1. The second-order valence-electron chi connectivity index (χ2n) is 7.54. The van der Waals surface area contributed by atoms with Gasteiger partial charge in [0.15, 0.2) is 11.5 Å². The molecule has 1 fully saturated rings. The largest absolute Gasteiger partial charge is 0.454 e. The number of anilines is 1. The molecule has 1 saturated heterocycles. The lowest BCUT2D eigenvalue weighted by molar-refractivity contribution is -0.131. The Morgan fingerprint density at radius 2 is 1.82 bits per heavy atom. The molecule has 148 valence electrons. The first-order chi connectivity index (χ1) is 13.6. The van der Waals surface area contributed by atoms with Crippen molar-refractivity contribution in [3.63, 3.8) is 0 Å². The van der Waals surface area contributed by atoms with Crippen LogP contribution < -0.4 is 14.4 Å². The van der Waals surface area contributed by atoms with Crippen molar-refractivity contribution in [3.8, 4) is 11.5 Å². The highest BCUT2D eigenvalue weighted by Gasteiger charge is 2.23. The first kappa shape index (κ1) is 18.6. The average Bonchev–Trinajstić information content (AvgIpc) is 3.16. The van der Waals surface area contributed by atoms with Crippen LogP contribution in [0.15, 0.2) is 42.5 Å². The molecule has 0 atom stereocenters. The van der Waals surface area contributed by atoms with Crippen LogP contribution in [0, 0.1) is 6.92 Å². The number of nitrogens with zero attached hydrogens (tertiary/aromatic N) is 3. The zero-order valence-electron chi connectivity index (χ0n) is 16.6. The van der Waals surface area contributed by atoms with Gasteiger partial charge in [-0.1, -0.05) is 18.2 Å². The molecule has 0 saturated carbocycles. The van der Waals surface area contributed by atoms with Crippen molar-refractivity contribution in [1.82, 2.24) is 9.80 Å². The van der Waals surface area contributed by atoms with Gasteiger partial charge in [0, 0.05) is 45.5 Å². The second kappa shape index (κ2) is 8.10. The van der Waals surface area contributed by atoms with Crippen LogP contribution in [-0.2, 0) is 11.3 Å². The van der Waals surface area contributed by atoms with Crippen molar-refractivity contribution in [2.24, 2.45) is 0 Å². The van der Waals surface area contributed by atoms with E-state index in [2.05, 4.69) is 36.1 Å². The Kier molecular flexibility index (Phi) is 5.39. The number of amides is 1. The number of aryl methyl sites for hydroxylation is 1. The predicted molar refractivity (Wildman–Crippen MR) is 109 cm³/mol. The molecule has 1 amide bonds. The highest BCUT2D eigenvalue weighted by atomic mass is 16.7. The Morgan fingerprint density at radius 3 is 2.61 bits per heavy atom. The highest BCUT2D eigenvalue weighted by Crippen LogP contribution is 2.32. The van der Waals surface area contributed by atoms with Crippen molar-refractivity contribution in [3.05, 3.63) is 53.6 Å². The first-order valence-electron chi connectivity index (χ1n) is 9.75. The molecule has 0 N–H and O–H groups in total.